The number of halogens is 1. The molecule has 0 spiro atoms. The van der Waals surface area contributed by atoms with Crippen molar-refractivity contribution in [2.24, 2.45) is 5.92 Å². The van der Waals surface area contributed by atoms with Crippen molar-refractivity contribution in [1.82, 2.24) is 5.32 Å². The molecular formula is C15H22FN. The third kappa shape index (κ3) is 2.68. The van der Waals surface area contributed by atoms with E-state index >= 15 is 0 Å². The maximum atomic E-state index is 14.6. The van der Waals surface area contributed by atoms with Gasteiger partial charge in [0.25, 0.3) is 0 Å². The molecule has 1 fully saturated rings. The Morgan fingerprint density at radius 2 is 1.65 bits per heavy atom. The molecule has 1 N–H and O–H groups in total. The van der Waals surface area contributed by atoms with Crippen LogP contribution in [0, 0.1) is 26.7 Å². The number of rotatable bonds is 2. The van der Waals surface area contributed by atoms with Crippen LogP contribution in [0.5, 0.6) is 0 Å². The molecular weight excluding hydrogens is 213 g/mol. The minimum Gasteiger partial charge on any atom is -0.317 e. The van der Waals surface area contributed by atoms with Gasteiger partial charge in [0.05, 0.1) is 0 Å². The SMILES string of the molecule is Cc1cc(C)c(C(F)C2CCNCC2)cc1C. The maximum Gasteiger partial charge on any atom is 0.128 e. The molecule has 1 aliphatic rings. The van der Waals surface area contributed by atoms with Crippen molar-refractivity contribution in [3.05, 3.63) is 34.4 Å². The first kappa shape index (κ1) is 12.6. The van der Waals surface area contributed by atoms with Gasteiger partial charge in [-0.2, -0.15) is 0 Å². The van der Waals surface area contributed by atoms with E-state index in [9.17, 15) is 4.39 Å². The Morgan fingerprint density at radius 3 is 2.29 bits per heavy atom. The zero-order chi connectivity index (χ0) is 12.4. The van der Waals surface area contributed by atoms with Gasteiger partial charge in [0.2, 0.25) is 0 Å². The van der Waals surface area contributed by atoms with Crippen LogP contribution in [0.15, 0.2) is 12.1 Å². The van der Waals surface area contributed by atoms with E-state index in [2.05, 4.69) is 25.2 Å². The van der Waals surface area contributed by atoms with E-state index in [0.29, 0.717) is 0 Å². The van der Waals surface area contributed by atoms with Gasteiger partial charge in [-0.15, -0.1) is 0 Å². The predicted molar refractivity (Wildman–Crippen MR) is 70.1 cm³/mol. The zero-order valence-electron chi connectivity index (χ0n) is 11.0. The summed E-state index contributed by atoms with van der Waals surface area (Å²) >= 11 is 0. The van der Waals surface area contributed by atoms with Crippen LogP contribution < -0.4 is 5.32 Å². The third-order valence-electron chi connectivity index (χ3n) is 3.98. The molecule has 94 valence electrons. The van der Waals surface area contributed by atoms with E-state index in [4.69, 9.17) is 0 Å². The Balaban J connectivity index is 2.23. The lowest BCUT2D eigenvalue weighted by Crippen LogP contribution is -2.30. The highest BCUT2D eigenvalue weighted by molar-refractivity contribution is 5.38. The quantitative estimate of drug-likeness (QED) is 0.825. The topological polar surface area (TPSA) is 12.0 Å². The number of hydrogen-bond donors (Lipinski definition) is 1. The number of hydrogen-bond acceptors (Lipinski definition) is 1. The normalized spacial score (nSPS) is 19.3. The first-order valence-corrected chi connectivity index (χ1v) is 6.52. The molecule has 1 nitrogen and oxygen atoms in total. The smallest absolute Gasteiger partial charge is 0.128 e. The second-order valence-electron chi connectivity index (χ2n) is 5.28. The molecule has 1 aromatic rings. The largest absolute Gasteiger partial charge is 0.317 e. The van der Waals surface area contributed by atoms with Crippen LogP contribution in [0.25, 0.3) is 0 Å². The lowest BCUT2D eigenvalue weighted by Gasteiger charge is -2.27. The summed E-state index contributed by atoms with van der Waals surface area (Å²) in [6, 6.07) is 4.15. The van der Waals surface area contributed by atoms with E-state index in [1.54, 1.807) is 0 Å². The fourth-order valence-electron chi connectivity index (χ4n) is 2.67. The van der Waals surface area contributed by atoms with Crippen LogP contribution in [0.2, 0.25) is 0 Å². The summed E-state index contributed by atoms with van der Waals surface area (Å²) in [6.45, 7) is 8.08. The second kappa shape index (κ2) is 5.18. The highest BCUT2D eigenvalue weighted by Crippen LogP contribution is 2.34. The fraction of sp³-hybridized carbons (Fsp3) is 0.600. The number of alkyl halides is 1. The number of benzene rings is 1. The molecule has 0 saturated carbocycles. The van der Waals surface area contributed by atoms with Crippen molar-refractivity contribution in [2.45, 2.75) is 39.8 Å². The molecule has 0 bridgehead atoms. The minimum absolute atomic E-state index is 0.192. The van der Waals surface area contributed by atoms with Crippen LogP contribution in [-0.4, -0.2) is 13.1 Å². The molecule has 1 heterocycles. The Kier molecular flexibility index (Phi) is 3.82. The van der Waals surface area contributed by atoms with Gasteiger partial charge < -0.3 is 5.32 Å². The second-order valence-corrected chi connectivity index (χ2v) is 5.28. The van der Waals surface area contributed by atoms with Gasteiger partial charge in [-0.25, -0.2) is 4.39 Å². The van der Waals surface area contributed by atoms with Crippen LogP contribution >= 0.6 is 0 Å². The lowest BCUT2D eigenvalue weighted by atomic mass is 9.86. The summed E-state index contributed by atoms with van der Waals surface area (Å²) in [4.78, 5) is 0. The average molecular weight is 235 g/mol. The van der Waals surface area contributed by atoms with Gasteiger partial charge in [0, 0.05) is 0 Å². The van der Waals surface area contributed by atoms with Crippen LogP contribution in [-0.2, 0) is 0 Å². The highest BCUT2D eigenvalue weighted by Gasteiger charge is 2.25. The first-order valence-electron chi connectivity index (χ1n) is 6.52. The van der Waals surface area contributed by atoms with Crippen LogP contribution in [0.1, 0.15) is 41.3 Å². The summed E-state index contributed by atoms with van der Waals surface area (Å²) in [6.07, 6.45) is 1.11. The van der Waals surface area contributed by atoms with E-state index in [-0.39, 0.29) is 5.92 Å². The van der Waals surface area contributed by atoms with Gasteiger partial charge in [0.15, 0.2) is 0 Å². The van der Waals surface area contributed by atoms with E-state index in [0.717, 1.165) is 37.1 Å². The molecule has 0 aliphatic carbocycles. The van der Waals surface area contributed by atoms with Gasteiger partial charge in [0.1, 0.15) is 6.17 Å². The third-order valence-corrected chi connectivity index (χ3v) is 3.98. The van der Waals surface area contributed by atoms with Gasteiger partial charge in [-0.05, 0) is 74.9 Å². The Bertz CT molecular complexity index is 394. The van der Waals surface area contributed by atoms with Crippen molar-refractivity contribution in [3.63, 3.8) is 0 Å². The van der Waals surface area contributed by atoms with Crippen molar-refractivity contribution in [2.75, 3.05) is 13.1 Å². The first-order chi connectivity index (χ1) is 8.09. The minimum atomic E-state index is -0.795. The van der Waals surface area contributed by atoms with Gasteiger partial charge >= 0.3 is 0 Å². The molecule has 2 rings (SSSR count). The predicted octanol–water partition coefficient (Wildman–Crippen LogP) is 3.62. The Hall–Kier alpha value is -0.890. The molecule has 0 aromatic heterocycles. The summed E-state index contributed by atoms with van der Waals surface area (Å²) in [5.74, 6) is 0.192. The molecule has 2 heteroatoms. The summed E-state index contributed by atoms with van der Waals surface area (Å²) < 4.78 is 14.6. The summed E-state index contributed by atoms with van der Waals surface area (Å²) in [7, 11) is 0. The molecule has 0 amide bonds. The Labute approximate surface area is 103 Å². The van der Waals surface area contributed by atoms with E-state index < -0.39 is 6.17 Å². The van der Waals surface area contributed by atoms with Crippen molar-refractivity contribution in [1.29, 1.82) is 0 Å². The number of nitrogens with one attached hydrogen (secondary N) is 1. The van der Waals surface area contributed by atoms with Gasteiger partial charge in [-0.3, -0.25) is 0 Å². The average Bonchev–Trinajstić information content (AvgIpc) is 2.34. The molecule has 1 aliphatic heterocycles. The molecule has 1 saturated heterocycles. The zero-order valence-corrected chi connectivity index (χ0v) is 11.0. The molecule has 0 radical (unpaired) electrons. The molecule has 1 unspecified atom stereocenters. The van der Waals surface area contributed by atoms with Crippen LogP contribution in [0.3, 0.4) is 0 Å². The molecule has 1 atom stereocenters. The lowest BCUT2D eigenvalue weighted by molar-refractivity contribution is 0.189. The standard InChI is InChI=1S/C15H22FN/c1-10-8-12(3)14(9-11(10)2)15(16)13-4-6-17-7-5-13/h8-9,13,15,17H,4-7H2,1-3H3. The highest BCUT2D eigenvalue weighted by atomic mass is 19.1. The number of aryl methyl sites for hydroxylation is 3. The molecule has 17 heavy (non-hydrogen) atoms. The molecule has 1 aromatic carbocycles. The monoisotopic (exact) mass is 235 g/mol. The maximum absolute atomic E-state index is 14.6. The van der Waals surface area contributed by atoms with E-state index in [1.807, 2.05) is 13.0 Å². The van der Waals surface area contributed by atoms with Crippen LogP contribution in [0.4, 0.5) is 4.39 Å². The number of piperidine rings is 1. The van der Waals surface area contributed by atoms with Crippen molar-refractivity contribution in [3.8, 4) is 0 Å². The fourth-order valence-corrected chi connectivity index (χ4v) is 2.67. The van der Waals surface area contributed by atoms with Gasteiger partial charge in [-0.1, -0.05) is 12.1 Å². The summed E-state index contributed by atoms with van der Waals surface area (Å²) in [5, 5.41) is 3.29. The van der Waals surface area contributed by atoms with Crippen molar-refractivity contribution >= 4 is 0 Å². The Morgan fingerprint density at radius 1 is 1.06 bits per heavy atom. The van der Waals surface area contributed by atoms with Crippen molar-refractivity contribution < 1.29 is 4.39 Å². The summed E-state index contributed by atoms with van der Waals surface area (Å²) in [5.41, 5.74) is 4.45. The van der Waals surface area contributed by atoms with E-state index in [1.165, 1.54) is 11.1 Å².